The average molecular weight is 159 g/mol. The minimum Gasteiger partial charge on any atom is -0.368 e. The number of carbonyl (C=O) groups excluding carboxylic acids is 2. The normalized spacial score (nSPS) is 23.6. The van der Waals surface area contributed by atoms with Crippen LogP contribution in [0, 0.1) is 0 Å². The van der Waals surface area contributed by atoms with Gasteiger partial charge in [-0.3, -0.25) is 9.69 Å². The number of primary amides is 2. The fourth-order valence-corrected chi connectivity index (χ4v) is 0.896. The lowest BCUT2D eigenvalue weighted by atomic mass is 10.3. The summed E-state index contributed by atoms with van der Waals surface area (Å²) in [6, 6.07) is -1.39. The van der Waals surface area contributed by atoms with Crippen molar-refractivity contribution in [3.05, 3.63) is 0 Å². The highest BCUT2D eigenvalue weighted by atomic mass is 16.5. The minimum atomic E-state index is -0.701. The number of amides is 3. The van der Waals surface area contributed by atoms with Crippen molar-refractivity contribution in [1.82, 2.24) is 4.90 Å². The van der Waals surface area contributed by atoms with Gasteiger partial charge in [0, 0.05) is 0 Å². The number of nitrogens with two attached hydrogens (primary N) is 2. The lowest BCUT2D eigenvalue weighted by Crippen LogP contribution is -2.47. The van der Waals surface area contributed by atoms with E-state index < -0.39 is 18.0 Å². The number of rotatable bonds is 1. The molecule has 0 radical (unpaired) electrons. The first-order valence-electron chi connectivity index (χ1n) is 3.06. The van der Waals surface area contributed by atoms with Gasteiger partial charge in [-0.1, -0.05) is 0 Å². The van der Waals surface area contributed by atoms with E-state index in [2.05, 4.69) is 0 Å². The Morgan fingerprint density at radius 2 is 2.09 bits per heavy atom. The Hall–Kier alpha value is -1.30. The summed E-state index contributed by atoms with van der Waals surface area (Å²) in [6.07, 6.45) is 0. The van der Waals surface area contributed by atoms with Crippen LogP contribution in [-0.4, -0.2) is 36.2 Å². The molecule has 1 saturated heterocycles. The van der Waals surface area contributed by atoms with Gasteiger partial charge in [0.15, 0.2) is 0 Å². The van der Waals surface area contributed by atoms with Crippen LogP contribution in [0.5, 0.6) is 0 Å². The van der Waals surface area contributed by atoms with E-state index in [9.17, 15) is 9.59 Å². The second-order valence-electron chi connectivity index (χ2n) is 2.23. The van der Waals surface area contributed by atoms with Crippen molar-refractivity contribution < 1.29 is 14.3 Å². The number of hydrogen-bond acceptors (Lipinski definition) is 3. The molecule has 4 N–H and O–H groups in total. The van der Waals surface area contributed by atoms with Gasteiger partial charge in [0.05, 0.1) is 6.61 Å². The van der Waals surface area contributed by atoms with Gasteiger partial charge in [-0.2, -0.15) is 0 Å². The molecule has 6 heteroatoms. The number of urea groups is 1. The van der Waals surface area contributed by atoms with Crippen LogP contribution >= 0.6 is 0 Å². The molecule has 0 saturated carbocycles. The average Bonchev–Trinajstić information content (AvgIpc) is 2.32. The Morgan fingerprint density at radius 1 is 1.45 bits per heavy atom. The van der Waals surface area contributed by atoms with Crippen LogP contribution < -0.4 is 11.5 Å². The lowest BCUT2D eigenvalue weighted by molar-refractivity contribution is -0.121. The molecule has 6 nitrogen and oxygen atoms in total. The molecular formula is C5H9N3O3. The van der Waals surface area contributed by atoms with Gasteiger partial charge < -0.3 is 16.2 Å². The summed E-state index contributed by atoms with van der Waals surface area (Å²) >= 11 is 0. The molecule has 1 rings (SSSR count). The zero-order chi connectivity index (χ0) is 8.43. The van der Waals surface area contributed by atoms with Crippen molar-refractivity contribution >= 4 is 11.9 Å². The number of carbonyl (C=O) groups is 2. The fraction of sp³-hybridized carbons (Fsp3) is 0.600. The Kier molecular flexibility index (Phi) is 1.95. The standard InChI is InChI=1S/C5H9N3O3/c6-4(9)3-1-11-2-8(3)5(7)10/h3H,1-2H2,(H2,6,9)(H2,7,10). The van der Waals surface area contributed by atoms with Gasteiger partial charge in [0.25, 0.3) is 0 Å². The Bertz CT molecular complexity index is 173. The van der Waals surface area contributed by atoms with Gasteiger partial charge in [-0.25, -0.2) is 4.79 Å². The summed E-state index contributed by atoms with van der Waals surface area (Å²) < 4.78 is 4.82. The summed E-state index contributed by atoms with van der Waals surface area (Å²) in [7, 11) is 0. The number of ether oxygens (including phenoxy) is 1. The molecule has 0 spiro atoms. The Balaban J connectivity index is 2.65. The molecule has 0 bridgehead atoms. The zero-order valence-electron chi connectivity index (χ0n) is 5.82. The molecule has 0 aromatic rings. The quantitative estimate of drug-likeness (QED) is 0.472. The fourth-order valence-electron chi connectivity index (χ4n) is 0.896. The van der Waals surface area contributed by atoms with E-state index in [0.29, 0.717) is 0 Å². The molecule has 1 unspecified atom stereocenters. The number of nitrogens with zero attached hydrogens (tertiary/aromatic N) is 1. The van der Waals surface area contributed by atoms with E-state index >= 15 is 0 Å². The third-order valence-corrected chi connectivity index (χ3v) is 1.49. The van der Waals surface area contributed by atoms with Crippen LogP contribution in [0.1, 0.15) is 0 Å². The highest BCUT2D eigenvalue weighted by Gasteiger charge is 2.32. The molecule has 1 atom stereocenters. The van der Waals surface area contributed by atoms with Crippen LogP contribution in [-0.2, 0) is 9.53 Å². The number of hydrogen-bond donors (Lipinski definition) is 2. The summed E-state index contributed by atoms with van der Waals surface area (Å²) in [5.41, 5.74) is 9.88. The first-order chi connectivity index (χ1) is 5.13. The molecule has 1 aliphatic rings. The van der Waals surface area contributed by atoms with Crippen molar-refractivity contribution in [2.24, 2.45) is 11.5 Å². The first-order valence-corrected chi connectivity index (χ1v) is 3.06. The van der Waals surface area contributed by atoms with E-state index in [-0.39, 0.29) is 13.3 Å². The maximum absolute atomic E-state index is 10.6. The summed E-state index contributed by atoms with van der Waals surface area (Å²) in [4.78, 5) is 22.3. The lowest BCUT2D eigenvalue weighted by Gasteiger charge is -2.16. The predicted octanol–water partition coefficient (Wildman–Crippen LogP) is -1.79. The summed E-state index contributed by atoms with van der Waals surface area (Å²) in [5, 5.41) is 0. The molecule has 0 aliphatic carbocycles. The third-order valence-electron chi connectivity index (χ3n) is 1.49. The largest absolute Gasteiger partial charge is 0.368 e. The second kappa shape index (κ2) is 2.75. The predicted molar refractivity (Wildman–Crippen MR) is 35.2 cm³/mol. The molecule has 1 fully saturated rings. The van der Waals surface area contributed by atoms with Crippen LogP contribution in [0.25, 0.3) is 0 Å². The molecule has 3 amide bonds. The van der Waals surface area contributed by atoms with Crippen molar-refractivity contribution in [2.75, 3.05) is 13.3 Å². The highest BCUT2D eigenvalue weighted by molar-refractivity contribution is 5.85. The first kappa shape index (κ1) is 7.80. The Labute approximate surface area is 63.1 Å². The van der Waals surface area contributed by atoms with E-state index in [1.807, 2.05) is 0 Å². The summed E-state index contributed by atoms with van der Waals surface area (Å²) in [5.74, 6) is -0.596. The second-order valence-corrected chi connectivity index (χ2v) is 2.23. The monoisotopic (exact) mass is 159 g/mol. The molecule has 0 aromatic heterocycles. The smallest absolute Gasteiger partial charge is 0.317 e. The van der Waals surface area contributed by atoms with Crippen molar-refractivity contribution in [3.8, 4) is 0 Å². The van der Waals surface area contributed by atoms with Gasteiger partial charge in [0.2, 0.25) is 5.91 Å². The maximum Gasteiger partial charge on any atom is 0.317 e. The SMILES string of the molecule is NC(=O)C1COCN1C(N)=O. The Morgan fingerprint density at radius 3 is 2.45 bits per heavy atom. The maximum atomic E-state index is 10.6. The third kappa shape index (κ3) is 1.40. The van der Waals surface area contributed by atoms with E-state index in [4.69, 9.17) is 16.2 Å². The molecule has 1 heterocycles. The van der Waals surface area contributed by atoms with Crippen LogP contribution in [0.15, 0.2) is 0 Å². The van der Waals surface area contributed by atoms with E-state index in [1.165, 1.54) is 0 Å². The van der Waals surface area contributed by atoms with Crippen LogP contribution in [0.4, 0.5) is 4.79 Å². The molecule has 0 aromatic carbocycles. The van der Waals surface area contributed by atoms with Gasteiger partial charge in [-0.15, -0.1) is 0 Å². The molecule has 62 valence electrons. The van der Waals surface area contributed by atoms with E-state index in [0.717, 1.165) is 4.90 Å². The van der Waals surface area contributed by atoms with Gasteiger partial charge >= 0.3 is 6.03 Å². The van der Waals surface area contributed by atoms with Crippen molar-refractivity contribution in [1.29, 1.82) is 0 Å². The molecule has 11 heavy (non-hydrogen) atoms. The van der Waals surface area contributed by atoms with Gasteiger partial charge in [-0.05, 0) is 0 Å². The van der Waals surface area contributed by atoms with Crippen LogP contribution in [0.3, 0.4) is 0 Å². The van der Waals surface area contributed by atoms with Crippen molar-refractivity contribution in [3.63, 3.8) is 0 Å². The molecule has 1 aliphatic heterocycles. The topological polar surface area (TPSA) is 98.7 Å². The summed E-state index contributed by atoms with van der Waals surface area (Å²) in [6.45, 7) is 0.182. The van der Waals surface area contributed by atoms with Gasteiger partial charge in [0.1, 0.15) is 12.8 Å². The van der Waals surface area contributed by atoms with Crippen molar-refractivity contribution in [2.45, 2.75) is 6.04 Å². The molecular weight excluding hydrogens is 150 g/mol. The minimum absolute atomic E-state index is 0.0446. The van der Waals surface area contributed by atoms with Crippen LogP contribution in [0.2, 0.25) is 0 Å². The zero-order valence-corrected chi connectivity index (χ0v) is 5.82. The van der Waals surface area contributed by atoms with E-state index in [1.54, 1.807) is 0 Å². The highest BCUT2D eigenvalue weighted by Crippen LogP contribution is 2.07.